The number of benzene rings is 1. The van der Waals surface area contributed by atoms with Crippen LogP contribution in [-0.4, -0.2) is 59.3 Å². The van der Waals surface area contributed by atoms with Crippen molar-refractivity contribution < 1.29 is 4.79 Å². The van der Waals surface area contributed by atoms with Gasteiger partial charge in [-0.2, -0.15) is 10.2 Å². The molecular weight excluding hydrogens is 444 g/mol. The molecule has 4 aromatic heterocycles. The zero-order valence-electron chi connectivity index (χ0n) is 19.5. The fourth-order valence-corrected chi connectivity index (χ4v) is 3.96. The van der Waals surface area contributed by atoms with Crippen LogP contribution in [0.4, 0.5) is 0 Å². The molecular formula is C24H26N10O. The first kappa shape index (κ1) is 22.4. The second-order valence-electron chi connectivity index (χ2n) is 8.17. The first-order chi connectivity index (χ1) is 17.1. The van der Waals surface area contributed by atoms with E-state index in [1.165, 1.54) is 23.7 Å². The number of amides is 1. The van der Waals surface area contributed by atoms with Gasteiger partial charge in [0.25, 0.3) is 5.91 Å². The molecule has 0 fully saturated rings. The van der Waals surface area contributed by atoms with E-state index in [9.17, 15) is 4.79 Å². The highest BCUT2D eigenvalue weighted by Crippen LogP contribution is 2.31. The van der Waals surface area contributed by atoms with Crippen molar-refractivity contribution in [2.24, 2.45) is 0 Å². The molecule has 11 heteroatoms. The summed E-state index contributed by atoms with van der Waals surface area (Å²) in [5.41, 5.74) is 6.36. The van der Waals surface area contributed by atoms with Crippen LogP contribution in [0.15, 0.2) is 43.1 Å². The fourth-order valence-electron chi connectivity index (χ4n) is 3.96. The maximum atomic E-state index is 12.5. The number of aromatic amines is 3. The van der Waals surface area contributed by atoms with Gasteiger partial charge in [-0.15, -0.1) is 0 Å². The van der Waals surface area contributed by atoms with Crippen molar-refractivity contribution in [2.45, 2.75) is 26.8 Å². The lowest BCUT2D eigenvalue weighted by molar-refractivity contribution is 0.0949. The summed E-state index contributed by atoms with van der Waals surface area (Å²) in [7, 11) is 0. The average molecular weight is 471 g/mol. The molecule has 5 N–H and O–H groups in total. The molecule has 0 bridgehead atoms. The van der Waals surface area contributed by atoms with Crippen LogP contribution in [0, 0.1) is 6.92 Å². The van der Waals surface area contributed by atoms with Crippen molar-refractivity contribution in [3.63, 3.8) is 0 Å². The Morgan fingerprint density at radius 3 is 2.86 bits per heavy atom. The SMILES string of the molecule is CCNCc1cncc(-c2ccc3[nH]nc(-c4ncc(C(=O)NCCc5ncn[nH]5)[nH]4)c3c2)c1C. The molecule has 1 amide bonds. The van der Waals surface area contributed by atoms with E-state index < -0.39 is 0 Å². The summed E-state index contributed by atoms with van der Waals surface area (Å²) in [6.45, 7) is 6.31. The summed E-state index contributed by atoms with van der Waals surface area (Å²) in [4.78, 5) is 28.5. The van der Waals surface area contributed by atoms with Crippen molar-refractivity contribution in [3.8, 4) is 22.6 Å². The average Bonchev–Trinajstić information content (AvgIpc) is 3.63. The van der Waals surface area contributed by atoms with Gasteiger partial charge in [0.1, 0.15) is 23.5 Å². The van der Waals surface area contributed by atoms with E-state index >= 15 is 0 Å². The molecule has 35 heavy (non-hydrogen) atoms. The maximum absolute atomic E-state index is 12.5. The van der Waals surface area contributed by atoms with Crippen LogP contribution in [0.1, 0.15) is 34.4 Å². The number of hydrogen-bond donors (Lipinski definition) is 5. The second-order valence-corrected chi connectivity index (χ2v) is 8.17. The third-order valence-electron chi connectivity index (χ3n) is 5.92. The molecule has 0 aliphatic heterocycles. The number of H-pyrrole nitrogens is 3. The minimum Gasteiger partial charge on any atom is -0.350 e. The highest BCUT2D eigenvalue weighted by Gasteiger charge is 2.16. The molecule has 0 unspecified atom stereocenters. The Bertz CT molecular complexity index is 1450. The molecule has 5 aromatic rings. The molecule has 0 saturated heterocycles. The number of rotatable bonds is 9. The largest absolute Gasteiger partial charge is 0.350 e. The van der Waals surface area contributed by atoms with Crippen molar-refractivity contribution in [1.82, 2.24) is 51.0 Å². The quantitative estimate of drug-likeness (QED) is 0.222. The van der Waals surface area contributed by atoms with Gasteiger partial charge in [-0.1, -0.05) is 13.0 Å². The van der Waals surface area contributed by atoms with Gasteiger partial charge in [0.05, 0.1) is 11.7 Å². The predicted molar refractivity (Wildman–Crippen MR) is 131 cm³/mol. The van der Waals surface area contributed by atoms with Crippen LogP contribution in [0.3, 0.4) is 0 Å². The molecule has 0 spiro atoms. The lowest BCUT2D eigenvalue weighted by atomic mass is 9.98. The monoisotopic (exact) mass is 470 g/mol. The molecule has 1 aromatic carbocycles. The van der Waals surface area contributed by atoms with Crippen LogP contribution >= 0.6 is 0 Å². The number of carbonyl (C=O) groups is 1. The normalized spacial score (nSPS) is 11.3. The number of imidazole rings is 1. The predicted octanol–water partition coefficient (Wildman–Crippen LogP) is 2.52. The van der Waals surface area contributed by atoms with E-state index in [2.05, 4.69) is 76.9 Å². The van der Waals surface area contributed by atoms with Crippen LogP contribution in [0.2, 0.25) is 0 Å². The Kier molecular flexibility index (Phi) is 6.31. The zero-order valence-corrected chi connectivity index (χ0v) is 19.5. The van der Waals surface area contributed by atoms with Gasteiger partial charge in [-0.25, -0.2) is 9.97 Å². The molecule has 0 atom stereocenters. The zero-order chi connectivity index (χ0) is 24.2. The Morgan fingerprint density at radius 2 is 2.03 bits per heavy atom. The lowest BCUT2D eigenvalue weighted by Crippen LogP contribution is -2.26. The topological polar surface area (TPSA) is 153 Å². The smallest absolute Gasteiger partial charge is 0.269 e. The van der Waals surface area contributed by atoms with Crippen molar-refractivity contribution in [1.29, 1.82) is 0 Å². The maximum Gasteiger partial charge on any atom is 0.269 e. The number of pyridine rings is 1. The molecule has 178 valence electrons. The first-order valence-corrected chi connectivity index (χ1v) is 11.4. The summed E-state index contributed by atoms with van der Waals surface area (Å²) in [5.74, 6) is 0.986. The van der Waals surface area contributed by atoms with Crippen LogP contribution in [0.25, 0.3) is 33.5 Å². The Balaban J connectivity index is 1.38. The second kappa shape index (κ2) is 9.85. The summed E-state index contributed by atoms with van der Waals surface area (Å²) < 4.78 is 0. The Morgan fingerprint density at radius 1 is 1.11 bits per heavy atom. The molecule has 0 radical (unpaired) electrons. The van der Waals surface area contributed by atoms with Gasteiger partial charge >= 0.3 is 0 Å². The van der Waals surface area contributed by atoms with Gasteiger partial charge in [0, 0.05) is 42.9 Å². The van der Waals surface area contributed by atoms with Crippen LogP contribution < -0.4 is 10.6 Å². The van der Waals surface area contributed by atoms with E-state index in [0.717, 1.165) is 35.1 Å². The van der Waals surface area contributed by atoms with Gasteiger partial charge in [-0.05, 0) is 42.3 Å². The van der Waals surface area contributed by atoms with Gasteiger partial charge in [0.2, 0.25) is 0 Å². The molecule has 11 nitrogen and oxygen atoms in total. The number of fused-ring (bicyclic) bond motifs is 1. The van der Waals surface area contributed by atoms with Crippen LogP contribution in [-0.2, 0) is 13.0 Å². The highest BCUT2D eigenvalue weighted by atomic mass is 16.1. The summed E-state index contributed by atoms with van der Waals surface area (Å²) in [6.07, 6.45) is 7.31. The van der Waals surface area contributed by atoms with Crippen molar-refractivity contribution in [3.05, 3.63) is 65.8 Å². The van der Waals surface area contributed by atoms with E-state index in [-0.39, 0.29) is 5.91 Å². The number of nitrogens with one attached hydrogen (secondary N) is 5. The van der Waals surface area contributed by atoms with E-state index in [1.54, 1.807) is 0 Å². The number of nitrogens with zero attached hydrogens (tertiary/aromatic N) is 5. The van der Waals surface area contributed by atoms with Crippen molar-refractivity contribution >= 4 is 16.8 Å². The van der Waals surface area contributed by atoms with E-state index in [4.69, 9.17) is 0 Å². The number of aromatic nitrogens is 8. The highest BCUT2D eigenvalue weighted by molar-refractivity contribution is 5.96. The summed E-state index contributed by atoms with van der Waals surface area (Å²) in [5, 5.41) is 21.2. The lowest BCUT2D eigenvalue weighted by Gasteiger charge is -2.11. The molecule has 0 aliphatic carbocycles. The number of carbonyl (C=O) groups excluding carboxylic acids is 1. The van der Waals surface area contributed by atoms with E-state index in [0.29, 0.717) is 36.0 Å². The molecule has 0 aliphatic rings. The van der Waals surface area contributed by atoms with Gasteiger partial charge < -0.3 is 15.6 Å². The Hall–Kier alpha value is -4.38. The van der Waals surface area contributed by atoms with Crippen molar-refractivity contribution in [2.75, 3.05) is 13.1 Å². The van der Waals surface area contributed by atoms with Gasteiger partial charge in [-0.3, -0.25) is 20.0 Å². The van der Waals surface area contributed by atoms with Gasteiger partial charge in [0.15, 0.2) is 5.82 Å². The molecule has 4 heterocycles. The number of hydrogen-bond acceptors (Lipinski definition) is 7. The minimum absolute atomic E-state index is 0.247. The minimum atomic E-state index is -0.247. The van der Waals surface area contributed by atoms with E-state index in [1.807, 2.05) is 18.5 Å². The first-order valence-electron chi connectivity index (χ1n) is 11.4. The molecule has 0 saturated carbocycles. The van der Waals surface area contributed by atoms with Crippen LogP contribution in [0.5, 0.6) is 0 Å². The standard InChI is InChI=1S/C24H26N10O/c1-3-25-9-16-10-26-11-18(14(16)2)15-4-5-19-17(8-15)22(34-32-19)23-28-12-20(31-23)24(35)27-7-6-21-29-13-30-33-21/h4-5,8,10-13,25H,3,6-7,9H2,1-2H3,(H,27,35)(H,28,31)(H,32,34)(H,29,30,33). The Labute approximate surface area is 201 Å². The summed E-state index contributed by atoms with van der Waals surface area (Å²) in [6, 6.07) is 6.13. The fraction of sp³-hybridized carbons (Fsp3) is 0.250. The summed E-state index contributed by atoms with van der Waals surface area (Å²) >= 11 is 0. The third-order valence-corrected chi connectivity index (χ3v) is 5.92. The molecule has 5 rings (SSSR count). The third kappa shape index (κ3) is 4.66.